The zero-order chi connectivity index (χ0) is 56.2. The maximum atomic E-state index is 2.56. The number of benzene rings is 14. The van der Waals surface area contributed by atoms with Crippen LogP contribution in [-0.2, 0) is 10.8 Å². The van der Waals surface area contributed by atoms with Gasteiger partial charge in [0, 0.05) is 27.4 Å². The second kappa shape index (κ2) is 17.7. The first-order valence-corrected chi connectivity index (χ1v) is 30.1. The Labute approximate surface area is 499 Å². The first kappa shape index (κ1) is 47.4. The molecule has 0 fully saturated rings. The van der Waals surface area contributed by atoms with Gasteiger partial charge in [0.05, 0.1) is 38.9 Å². The summed E-state index contributed by atoms with van der Waals surface area (Å²) in [6.07, 6.45) is 0. The van der Waals surface area contributed by atoms with Crippen molar-refractivity contribution in [1.82, 2.24) is 4.57 Å². The molecule has 15 aromatic rings. The van der Waals surface area contributed by atoms with Gasteiger partial charge < -0.3 is 9.47 Å². The third-order valence-corrected chi connectivity index (χ3v) is 19.8. The van der Waals surface area contributed by atoms with E-state index in [1.165, 1.54) is 138 Å². The molecule has 0 amide bonds. The van der Waals surface area contributed by atoms with Gasteiger partial charge in [0.15, 0.2) is 0 Å². The number of hydrogen-bond acceptors (Lipinski definition) is 1. The minimum Gasteiger partial charge on any atom is -0.309 e. The van der Waals surface area contributed by atoms with Gasteiger partial charge in [0.2, 0.25) is 0 Å². The molecule has 398 valence electrons. The molecule has 86 heavy (non-hydrogen) atoms. The number of anilines is 3. The van der Waals surface area contributed by atoms with Crippen molar-refractivity contribution in [3.05, 3.63) is 360 Å². The van der Waals surface area contributed by atoms with Crippen molar-refractivity contribution in [2.45, 2.75) is 10.8 Å². The Kier molecular flexibility index (Phi) is 9.78. The van der Waals surface area contributed by atoms with E-state index in [2.05, 4.69) is 325 Å². The highest BCUT2D eigenvalue weighted by molar-refractivity contribution is 6.14. The van der Waals surface area contributed by atoms with Crippen LogP contribution in [0.5, 0.6) is 0 Å². The fourth-order valence-electron chi connectivity index (χ4n) is 16.5. The number of nitrogens with zero attached hydrogens (tertiary/aromatic N) is 2. The van der Waals surface area contributed by atoms with Gasteiger partial charge in [0.1, 0.15) is 0 Å². The van der Waals surface area contributed by atoms with Gasteiger partial charge in [-0.1, -0.05) is 267 Å². The zero-order valence-electron chi connectivity index (χ0n) is 46.9. The molecular formula is C84H52N2. The van der Waals surface area contributed by atoms with E-state index in [-0.39, 0.29) is 0 Å². The van der Waals surface area contributed by atoms with E-state index in [1.807, 2.05) is 0 Å². The molecule has 0 radical (unpaired) electrons. The molecule has 2 heterocycles. The average Bonchev–Trinajstić information content (AvgIpc) is 1.67. The van der Waals surface area contributed by atoms with E-state index < -0.39 is 10.8 Å². The molecule has 0 bridgehead atoms. The number of hydrogen-bond donors (Lipinski definition) is 0. The molecule has 2 spiro atoms. The Hall–Kier alpha value is -11.1. The van der Waals surface area contributed by atoms with Crippen molar-refractivity contribution >= 4 is 49.6 Å². The Morgan fingerprint density at radius 3 is 1.41 bits per heavy atom. The Morgan fingerprint density at radius 2 is 0.698 bits per heavy atom. The largest absolute Gasteiger partial charge is 0.309 e. The molecule has 1 atom stereocenters. The summed E-state index contributed by atoms with van der Waals surface area (Å²) in [6, 6.07) is 119. The van der Waals surface area contributed by atoms with Gasteiger partial charge in [0.25, 0.3) is 0 Å². The molecule has 19 rings (SSSR count). The molecule has 0 saturated carbocycles. The van der Waals surface area contributed by atoms with Gasteiger partial charge >= 0.3 is 0 Å². The van der Waals surface area contributed by atoms with Crippen molar-refractivity contribution in [3.8, 4) is 72.4 Å². The summed E-state index contributed by atoms with van der Waals surface area (Å²) in [7, 11) is 0. The van der Waals surface area contributed by atoms with E-state index >= 15 is 0 Å². The summed E-state index contributed by atoms with van der Waals surface area (Å²) in [6.45, 7) is 0. The highest BCUT2D eigenvalue weighted by atomic mass is 15.1. The second-order valence-electron chi connectivity index (χ2n) is 23.7. The molecule has 1 aliphatic heterocycles. The Balaban J connectivity index is 0.850. The first-order valence-electron chi connectivity index (χ1n) is 30.1. The molecular weight excluding hydrogens is 1040 g/mol. The lowest BCUT2D eigenvalue weighted by molar-refractivity contribution is 0.749. The van der Waals surface area contributed by atoms with E-state index in [0.29, 0.717) is 0 Å². The van der Waals surface area contributed by atoms with E-state index in [1.54, 1.807) is 0 Å². The monoisotopic (exact) mass is 1090 g/mol. The zero-order valence-corrected chi connectivity index (χ0v) is 46.9. The van der Waals surface area contributed by atoms with Crippen molar-refractivity contribution in [2.75, 3.05) is 4.90 Å². The van der Waals surface area contributed by atoms with Gasteiger partial charge in [-0.15, -0.1) is 0 Å². The summed E-state index contributed by atoms with van der Waals surface area (Å²) >= 11 is 0. The molecule has 2 heteroatoms. The SMILES string of the molecule is c1ccc(-c2cccc(-c3ccccc3N(c3ccc4c(c3)C3(c5ccccc5-c5ccccc53)c3ccccc3-4)c3ccc(-c4ccc5c(c4)C4(c6ccccc6-5)c5ccccc5-n5c6ccccc6c6cccc4c65)c4ccccc34)c2)cc1. The summed E-state index contributed by atoms with van der Waals surface area (Å²) in [5, 5.41) is 4.92. The predicted octanol–water partition coefficient (Wildman–Crippen LogP) is 21.4. The van der Waals surface area contributed by atoms with Gasteiger partial charge in [-0.3, -0.25) is 0 Å². The van der Waals surface area contributed by atoms with Crippen LogP contribution in [0, 0.1) is 0 Å². The van der Waals surface area contributed by atoms with E-state index in [9.17, 15) is 0 Å². The quantitative estimate of drug-likeness (QED) is 0.161. The predicted molar refractivity (Wildman–Crippen MR) is 356 cm³/mol. The van der Waals surface area contributed by atoms with Crippen LogP contribution in [0.1, 0.15) is 44.5 Å². The molecule has 14 aromatic carbocycles. The maximum Gasteiger partial charge on any atom is 0.0754 e. The van der Waals surface area contributed by atoms with Gasteiger partial charge in [-0.25, -0.2) is 0 Å². The normalized spacial score (nSPS) is 14.9. The van der Waals surface area contributed by atoms with E-state index in [0.717, 1.165) is 28.2 Å². The standard InChI is InChI=1S/C84H52N2/c1-2-22-53(23-3-1)54-24-20-25-55(50-54)59-26-10-17-41-78(59)85(57-45-47-66-64-31-8-14-37-72(64)83(77(66)52-57)70-35-12-6-28-61(70)62-29-7-13-36-71(62)83)80-49-48-58(60-27-4-5-32-67(60)80)56-44-46-65-63-30-9-15-38-73(63)84(76(65)51-56)74-39-16-19-43-81(74)86-79-42-18-11-33-68(79)69-34-21-40-75(84)82(69)86/h1-52H. The molecule has 4 aliphatic rings. The van der Waals surface area contributed by atoms with Crippen LogP contribution in [0.2, 0.25) is 0 Å². The van der Waals surface area contributed by atoms with Crippen molar-refractivity contribution in [2.24, 2.45) is 0 Å². The molecule has 2 nitrogen and oxygen atoms in total. The fraction of sp³-hybridized carbons (Fsp3) is 0.0238. The third-order valence-electron chi connectivity index (χ3n) is 19.8. The number of fused-ring (bicyclic) bond motifs is 23. The molecule has 1 aromatic heterocycles. The van der Waals surface area contributed by atoms with Crippen LogP contribution in [0.3, 0.4) is 0 Å². The summed E-state index contributed by atoms with van der Waals surface area (Å²) in [5.74, 6) is 0. The number of rotatable bonds is 6. The minimum absolute atomic E-state index is 0.512. The molecule has 3 aliphatic carbocycles. The van der Waals surface area contributed by atoms with Gasteiger partial charge in [-0.2, -0.15) is 0 Å². The summed E-state index contributed by atoms with van der Waals surface area (Å²) in [5.41, 5.74) is 31.4. The van der Waals surface area contributed by atoms with Crippen LogP contribution in [0.4, 0.5) is 17.1 Å². The van der Waals surface area contributed by atoms with Crippen LogP contribution in [-0.4, -0.2) is 4.57 Å². The number of para-hydroxylation sites is 4. The lowest BCUT2D eigenvalue weighted by Gasteiger charge is -2.39. The summed E-state index contributed by atoms with van der Waals surface area (Å²) < 4.78 is 2.53. The lowest BCUT2D eigenvalue weighted by atomic mass is 9.65. The highest BCUT2D eigenvalue weighted by Crippen LogP contribution is 2.65. The summed E-state index contributed by atoms with van der Waals surface area (Å²) in [4.78, 5) is 2.56. The van der Waals surface area contributed by atoms with Crippen molar-refractivity contribution in [1.29, 1.82) is 0 Å². The van der Waals surface area contributed by atoms with Crippen LogP contribution >= 0.6 is 0 Å². The smallest absolute Gasteiger partial charge is 0.0754 e. The number of aromatic nitrogens is 1. The molecule has 1 unspecified atom stereocenters. The lowest BCUT2D eigenvalue weighted by Crippen LogP contribution is -2.33. The van der Waals surface area contributed by atoms with Crippen LogP contribution < -0.4 is 4.90 Å². The highest BCUT2D eigenvalue weighted by Gasteiger charge is 2.53. The molecule has 0 N–H and O–H groups in total. The minimum atomic E-state index is -0.568. The van der Waals surface area contributed by atoms with Crippen LogP contribution in [0.15, 0.2) is 315 Å². The van der Waals surface area contributed by atoms with E-state index in [4.69, 9.17) is 0 Å². The van der Waals surface area contributed by atoms with Crippen molar-refractivity contribution < 1.29 is 0 Å². The van der Waals surface area contributed by atoms with Crippen molar-refractivity contribution in [3.63, 3.8) is 0 Å². The molecule has 0 saturated heterocycles. The average molecular weight is 1090 g/mol. The van der Waals surface area contributed by atoms with Crippen LogP contribution in [0.25, 0.3) is 105 Å². The topological polar surface area (TPSA) is 8.17 Å². The maximum absolute atomic E-state index is 2.56. The second-order valence-corrected chi connectivity index (χ2v) is 23.7. The Bertz CT molecular complexity index is 5330. The first-order chi connectivity index (χ1) is 42.7. The fourth-order valence-corrected chi connectivity index (χ4v) is 16.5. The van der Waals surface area contributed by atoms with Gasteiger partial charge in [-0.05, 0) is 160 Å². The Morgan fingerprint density at radius 1 is 0.233 bits per heavy atom. The third kappa shape index (κ3) is 6.14.